The van der Waals surface area contributed by atoms with E-state index in [0.29, 0.717) is 37.5 Å². The number of hydrogen-bond acceptors (Lipinski definition) is 3. The molecule has 0 atom stereocenters. The number of benzene rings is 2. The highest BCUT2D eigenvalue weighted by Crippen LogP contribution is 2.25. The molecule has 0 aromatic heterocycles. The molecule has 1 aliphatic heterocycles. The van der Waals surface area contributed by atoms with Crippen LogP contribution in [0.4, 0.5) is 0 Å². The van der Waals surface area contributed by atoms with Crippen LogP contribution in [-0.2, 0) is 21.4 Å². The predicted octanol–water partition coefficient (Wildman–Crippen LogP) is 3.37. The molecule has 3 rings (SSSR count). The van der Waals surface area contributed by atoms with Crippen molar-refractivity contribution >= 4 is 27.5 Å². The van der Waals surface area contributed by atoms with E-state index < -0.39 is 10.0 Å². The van der Waals surface area contributed by atoms with Crippen LogP contribution < -0.4 is 5.32 Å². The lowest BCUT2D eigenvalue weighted by Crippen LogP contribution is -2.42. The fraction of sp³-hybridized carbons (Fsp3) is 0.350. The van der Waals surface area contributed by atoms with Gasteiger partial charge in [-0.2, -0.15) is 4.31 Å². The number of amides is 1. The second kappa shape index (κ2) is 8.42. The van der Waals surface area contributed by atoms with E-state index in [1.165, 1.54) is 16.4 Å². The van der Waals surface area contributed by atoms with Crippen molar-refractivity contribution in [2.45, 2.75) is 31.2 Å². The van der Waals surface area contributed by atoms with Crippen molar-refractivity contribution in [2.75, 3.05) is 13.1 Å². The topological polar surface area (TPSA) is 66.5 Å². The van der Waals surface area contributed by atoms with Crippen LogP contribution in [0.2, 0.25) is 5.02 Å². The lowest BCUT2D eigenvalue weighted by molar-refractivity contribution is -0.126. The molecule has 1 saturated heterocycles. The number of nitrogens with zero attached hydrogens (tertiary/aromatic N) is 1. The molecule has 144 valence electrons. The second-order valence-corrected chi connectivity index (χ2v) is 9.15. The quantitative estimate of drug-likeness (QED) is 0.827. The molecule has 7 heteroatoms. The molecule has 2 aromatic carbocycles. The van der Waals surface area contributed by atoms with Crippen molar-refractivity contribution in [1.82, 2.24) is 9.62 Å². The third-order valence-corrected chi connectivity index (χ3v) is 7.16. The molecule has 1 N–H and O–H groups in total. The first-order valence-electron chi connectivity index (χ1n) is 8.96. The summed E-state index contributed by atoms with van der Waals surface area (Å²) in [6, 6.07) is 14.1. The molecule has 0 bridgehead atoms. The minimum atomic E-state index is -3.55. The third kappa shape index (κ3) is 4.69. The Labute approximate surface area is 165 Å². The summed E-state index contributed by atoms with van der Waals surface area (Å²) in [5.41, 5.74) is 2.23. The molecule has 0 spiro atoms. The van der Waals surface area contributed by atoms with E-state index in [-0.39, 0.29) is 16.7 Å². The monoisotopic (exact) mass is 406 g/mol. The number of nitrogens with one attached hydrogen (secondary N) is 1. The Balaban J connectivity index is 1.56. The fourth-order valence-electron chi connectivity index (χ4n) is 3.25. The van der Waals surface area contributed by atoms with E-state index in [2.05, 4.69) is 5.32 Å². The van der Waals surface area contributed by atoms with Crippen molar-refractivity contribution in [3.63, 3.8) is 0 Å². The Bertz CT molecular complexity index is 905. The molecule has 2 aromatic rings. The highest BCUT2D eigenvalue weighted by atomic mass is 35.5. The van der Waals surface area contributed by atoms with Crippen molar-refractivity contribution in [2.24, 2.45) is 5.92 Å². The summed E-state index contributed by atoms with van der Waals surface area (Å²) in [4.78, 5) is 12.7. The molecule has 0 aliphatic carbocycles. The first-order chi connectivity index (χ1) is 12.9. The average molecular weight is 407 g/mol. The number of hydrogen-bond donors (Lipinski definition) is 1. The van der Waals surface area contributed by atoms with Crippen LogP contribution in [0.15, 0.2) is 53.4 Å². The first-order valence-corrected chi connectivity index (χ1v) is 10.8. The van der Waals surface area contributed by atoms with Crippen molar-refractivity contribution < 1.29 is 13.2 Å². The molecule has 5 nitrogen and oxygen atoms in total. The van der Waals surface area contributed by atoms with Crippen molar-refractivity contribution in [1.29, 1.82) is 0 Å². The standard InChI is InChI=1S/C20H23ClN2O3S/c1-15-4-2-3-5-17(15)14-22-20(24)16-10-12-23(13-11-16)27(25,26)19-8-6-18(21)7-9-19/h2-9,16H,10-14H2,1H3,(H,22,24). The van der Waals surface area contributed by atoms with Gasteiger partial charge in [0.1, 0.15) is 0 Å². The summed E-state index contributed by atoms with van der Waals surface area (Å²) < 4.78 is 26.9. The van der Waals surface area contributed by atoms with E-state index >= 15 is 0 Å². The number of halogens is 1. The average Bonchev–Trinajstić information content (AvgIpc) is 2.67. The highest BCUT2D eigenvalue weighted by molar-refractivity contribution is 7.89. The van der Waals surface area contributed by atoms with E-state index in [0.717, 1.165) is 11.1 Å². The lowest BCUT2D eigenvalue weighted by atomic mass is 9.97. The van der Waals surface area contributed by atoms with Crippen LogP contribution in [0.25, 0.3) is 0 Å². The molecule has 0 radical (unpaired) electrons. The van der Waals surface area contributed by atoms with Gasteiger partial charge in [-0.25, -0.2) is 8.42 Å². The normalized spacial score (nSPS) is 16.2. The predicted molar refractivity (Wildman–Crippen MR) is 106 cm³/mol. The van der Waals surface area contributed by atoms with Crippen LogP contribution in [0.5, 0.6) is 0 Å². The number of carbonyl (C=O) groups is 1. The van der Waals surface area contributed by atoms with E-state index in [1.807, 2.05) is 31.2 Å². The van der Waals surface area contributed by atoms with Crippen molar-refractivity contribution in [3.05, 3.63) is 64.7 Å². The van der Waals surface area contributed by atoms with Gasteiger partial charge in [0.25, 0.3) is 0 Å². The van der Waals surface area contributed by atoms with Crippen LogP contribution in [0.3, 0.4) is 0 Å². The zero-order valence-corrected chi connectivity index (χ0v) is 16.8. The molecule has 0 unspecified atom stereocenters. The maximum Gasteiger partial charge on any atom is 0.243 e. The van der Waals surface area contributed by atoms with Crippen LogP contribution in [0.1, 0.15) is 24.0 Å². The molecule has 1 aliphatic rings. The number of carbonyl (C=O) groups excluding carboxylic acids is 1. The number of aryl methyl sites for hydroxylation is 1. The molecular formula is C20H23ClN2O3S. The Kier molecular flexibility index (Phi) is 6.19. The minimum absolute atomic E-state index is 0.0122. The Hall–Kier alpha value is -1.89. The number of rotatable bonds is 5. The van der Waals surface area contributed by atoms with Gasteiger partial charge in [-0.05, 0) is 55.2 Å². The Morgan fingerprint density at radius 3 is 2.37 bits per heavy atom. The molecule has 27 heavy (non-hydrogen) atoms. The summed E-state index contributed by atoms with van der Waals surface area (Å²) in [7, 11) is -3.55. The van der Waals surface area contributed by atoms with Crippen LogP contribution in [-0.4, -0.2) is 31.7 Å². The number of piperidine rings is 1. The van der Waals surface area contributed by atoms with Crippen molar-refractivity contribution in [3.8, 4) is 0 Å². The first kappa shape index (κ1) is 19.9. The van der Waals surface area contributed by atoms with E-state index in [1.54, 1.807) is 12.1 Å². The zero-order valence-electron chi connectivity index (χ0n) is 15.2. The van der Waals surface area contributed by atoms with Crippen LogP contribution in [0, 0.1) is 12.8 Å². The number of sulfonamides is 1. The summed E-state index contributed by atoms with van der Waals surface area (Å²) >= 11 is 5.83. The van der Waals surface area contributed by atoms with Gasteiger partial charge in [0.2, 0.25) is 15.9 Å². The van der Waals surface area contributed by atoms with E-state index in [4.69, 9.17) is 11.6 Å². The third-order valence-electron chi connectivity index (χ3n) is 4.99. The minimum Gasteiger partial charge on any atom is -0.352 e. The lowest BCUT2D eigenvalue weighted by Gasteiger charge is -2.30. The van der Waals surface area contributed by atoms with Gasteiger partial charge >= 0.3 is 0 Å². The maximum atomic E-state index is 12.7. The molecule has 1 heterocycles. The molecule has 1 fully saturated rings. The van der Waals surface area contributed by atoms with Gasteiger partial charge in [0.05, 0.1) is 4.90 Å². The Morgan fingerprint density at radius 2 is 1.74 bits per heavy atom. The van der Waals surface area contributed by atoms with Gasteiger partial charge in [0, 0.05) is 30.6 Å². The summed E-state index contributed by atoms with van der Waals surface area (Å²) in [5.74, 6) is -0.174. The zero-order chi connectivity index (χ0) is 19.4. The highest BCUT2D eigenvalue weighted by Gasteiger charge is 2.32. The molecular weight excluding hydrogens is 384 g/mol. The SMILES string of the molecule is Cc1ccccc1CNC(=O)C1CCN(S(=O)(=O)c2ccc(Cl)cc2)CC1. The molecule has 0 saturated carbocycles. The van der Waals surface area contributed by atoms with Gasteiger partial charge in [-0.1, -0.05) is 35.9 Å². The van der Waals surface area contributed by atoms with Gasteiger partial charge in [-0.3, -0.25) is 4.79 Å². The summed E-state index contributed by atoms with van der Waals surface area (Å²) in [6.07, 6.45) is 1.04. The maximum absolute atomic E-state index is 12.7. The largest absolute Gasteiger partial charge is 0.352 e. The van der Waals surface area contributed by atoms with Gasteiger partial charge in [-0.15, -0.1) is 0 Å². The summed E-state index contributed by atoms with van der Waals surface area (Å²) in [5, 5.41) is 3.48. The Morgan fingerprint density at radius 1 is 1.11 bits per heavy atom. The second-order valence-electron chi connectivity index (χ2n) is 6.78. The van der Waals surface area contributed by atoms with E-state index in [9.17, 15) is 13.2 Å². The van der Waals surface area contributed by atoms with Gasteiger partial charge in [0.15, 0.2) is 0 Å². The van der Waals surface area contributed by atoms with Crippen LogP contribution >= 0.6 is 11.6 Å². The fourth-order valence-corrected chi connectivity index (χ4v) is 4.84. The van der Waals surface area contributed by atoms with Gasteiger partial charge < -0.3 is 5.32 Å². The molecule has 1 amide bonds. The smallest absolute Gasteiger partial charge is 0.243 e. The summed E-state index contributed by atoms with van der Waals surface area (Å²) in [6.45, 7) is 3.19.